The summed E-state index contributed by atoms with van der Waals surface area (Å²) in [5.74, 6) is -2.52. The van der Waals surface area contributed by atoms with E-state index in [-0.39, 0.29) is 12.8 Å². The van der Waals surface area contributed by atoms with Crippen LogP contribution in [0.25, 0.3) is 0 Å². The van der Waals surface area contributed by atoms with Gasteiger partial charge in [-0.3, -0.25) is 4.79 Å². The number of alkyl halides is 3. The summed E-state index contributed by atoms with van der Waals surface area (Å²) >= 11 is 0. The Balaban J connectivity index is 2.57. The summed E-state index contributed by atoms with van der Waals surface area (Å²) in [4.78, 5) is 10.7. The van der Waals surface area contributed by atoms with Crippen molar-refractivity contribution in [1.29, 1.82) is 0 Å². The van der Waals surface area contributed by atoms with Crippen molar-refractivity contribution in [1.82, 2.24) is 0 Å². The maximum Gasteiger partial charge on any atom is 0.391 e. The van der Waals surface area contributed by atoms with Gasteiger partial charge >= 0.3 is 6.18 Å². The van der Waals surface area contributed by atoms with Gasteiger partial charge in [-0.05, 0) is 19.3 Å². The Kier molecular flexibility index (Phi) is 2.83. The Hall–Kier alpha value is -0.740. The van der Waals surface area contributed by atoms with Crippen LogP contribution >= 0.6 is 0 Å². The molecule has 1 fully saturated rings. The lowest BCUT2D eigenvalue weighted by Gasteiger charge is -2.28. The predicted molar refractivity (Wildman–Crippen MR) is 40.7 cm³/mol. The molecule has 5 heteroatoms. The van der Waals surface area contributed by atoms with E-state index in [0.29, 0.717) is 12.8 Å². The summed E-state index contributed by atoms with van der Waals surface area (Å²) in [6.45, 7) is 0. The molecule has 0 radical (unpaired) electrons. The topological polar surface area (TPSA) is 43.1 Å². The third-order valence-electron chi connectivity index (χ3n) is 2.54. The second-order valence-electron chi connectivity index (χ2n) is 3.50. The molecule has 1 aliphatic carbocycles. The zero-order chi connectivity index (χ0) is 10.1. The third-order valence-corrected chi connectivity index (χ3v) is 2.54. The Morgan fingerprint density at radius 3 is 2.38 bits per heavy atom. The molecule has 1 rings (SSSR count). The van der Waals surface area contributed by atoms with Crippen LogP contribution in [0.15, 0.2) is 0 Å². The highest BCUT2D eigenvalue weighted by Crippen LogP contribution is 2.39. The first kappa shape index (κ1) is 10.3. The van der Waals surface area contributed by atoms with Gasteiger partial charge in [0.1, 0.15) is 0 Å². The van der Waals surface area contributed by atoms with E-state index in [2.05, 4.69) is 0 Å². The fourth-order valence-corrected chi connectivity index (χ4v) is 1.75. The Morgan fingerprint density at radius 2 is 1.92 bits per heavy atom. The van der Waals surface area contributed by atoms with Crippen LogP contribution in [0.1, 0.15) is 25.7 Å². The molecule has 2 atom stereocenters. The van der Waals surface area contributed by atoms with E-state index in [1.807, 2.05) is 0 Å². The molecule has 0 aromatic heterocycles. The van der Waals surface area contributed by atoms with Crippen molar-refractivity contribution >= 4 is 5.91 Å². The molecular weight excluding hydrogens is 183 g/mol. The number of halogens is 3. The van der Waals surface area contributed by atoms with Crippen LogP contribution < -0.4 is 5.73 Å². The van der Waals surface area contributed by atoms with Gasteiger partial charge < -0.3 is 5.73 Å². The molecule has 2 nitrogen and oxygen atoms in total. The highest BCUT2D eigenvalue weighted by molar-refractivity contribution is 5.76. The van der Waals surface area contributed by atoms with Crippen LogP contribution in [0.3, 0.4) is 0 Å². The predicted octanol–water partition coefficient (Wildman–Crippen LogP) is 1.84. The standard InChI is InChI=1S/C8H12F3NO/c9-8(10,11)6-3-1-2-5(4-6)7(12)13/h5-6H,1-4H2,(H2,12,13)/t5-,6+/m1/s1. The number of carbonyl (C=O) groups excluding carboxylic acids is 1. The second kappa shape index (κ2) is 3.55. The first-order chi connectivity index (χ1) is 5.91. The Bertz CT molecular complexity index is 202. The highest BCUT2D eigenvalue weighted by atomic mass is 19.4. The molecule has 0 unspecified atom stereocenters. The average molecular weight is 195 g/mol. The molecule has 0 aromatic carbocycles. The Morgan fingerprint density at radius 1 is 1.31 bits per heavy atom. The van der Waals surface area contributed by atoms with Crippen LogP contribution in [-0.4, -0.2) is 12.1 Å². The zero-order valence-corrected chi connectivity index (χ0v) is 7.10. The maximum absolute atomic E-state index is 12.2. The smallest absolute Gasteiger partial charge is 0.369 e. The monoisotopic (exact) mass is 195 g/mol. The molecule has 0 aromatic rings. The van der Waals surface area contributed by atoms with Crippen LogP contribution in [0, 0.1) is 11.8 Å². The van der Waals surface area contributed by atoms with E-state index in [1.54, 1.807) is 0 Å². The molecular formula is C8H12F3NO. The molecule has 0 aliphatic heterocycles. The van der Waals surface area contributed by atoms with Crippen molar-refractivity contribution in [2.24, 2.45) is 17.6 Å². The van der Waals surface area contributed by atoms with Crippen LogP contribution in [0.4, 0.5) is 13.2 Å². The lowest BCUT2D eigenvalue weighted by atomic mass is 9.81. The number of hydrogen-bond acceptors (Lipinski definition) is 1. The van der Waals surface area contributed by atoms with Crippen LogP contribution in [0.5, 0.6) is 0 Å². The highest BCUT2D eigenvalue weighted by Gasteiger charge is 2.43. The lowest BCUT2D eigenvalue weighted by molar-refractivity contribution is -0.186. The molecule has 0 heterocycles. The maximum atomic E-state index is 12.2. The van der Waals surface area contributed by atoms with Gasteiger partial charge in [0, 0.05) is 5.92 Å². The first-order valence-corrected chi connectivity index (χ1v) is 4.27. The molecule has 1 aliphatic rings. The van der Waals surface area contributed by atoms with Gasteiger partial charge in [-0.1, -0.05) is 6.42 Å². The van der Waals surface area contributed by atoms with Crippen molar-refractivity contribution in [3.63, 3.8) is 0 Å². The quantitative estimate of drug-likeness (QED) is 0.681. The molecule has 76 valence electrons. The third kappa shape index (κ3) is 2.60. The SMILES string of the molecule is NC(=O)[C@@H]1CCC[C@H](C(F)(F)F)C1. The summed E-state index contributed by atoms with van der Waals surface area (Å²) in [6.07, 6.45) is -3.22. The van der Waals surface area contributed by atoms with E-state index in [1.165, 1.54) is 0 Å². The van der Waals surface area contributed by atoms with E-state index in [0.717, 1.165) is 0 Å². The molecule has 13 heavy (non-hydrogen) atoms. The van der Waals surface area contributed by atoms with Crippen molar-refractivity contribution in [3.8, 4) is 0 Å². The van der Waals surface area contributed by atoms with Crippen molar-refractivity contribution in [3.05, 3.63) is 0 Å². The Labute approximate surface area is 74.3 Å². The van der Waals surface area contributed by atoms with Crippen molar-refractivity contribution in [2.75, 3.05) is 0 Å². The largest absolute Gasteiger partial charge is 0.391 e. The van der Waals surface area contributed by atoms with Gasteiger partial charge in [0.25, 0.3) is 0 Å². The number of primary amides is 1. The van der Waals surface area contributed by atoms with Gasteiger partial charge in [0.05, 0.1) is 5.92 Å². The minimum absolute atomic E-state index is 0.126. The molecule has 0 bridgehead atoms. The van der Waals surface area contributed by atoms with Crippen LogP contribution in [0.2, 0.25) is 0 Å². The zero-order valence-electron chi connectivity index (χ0n) is 7.10. The molecule has 0 saturated heterocycles. The minimum Gasteiger partial charge on any atom is -0.369 e. The van der Waals surface area contributed by atoms with Gasteiger partial charge in [-0.2, -0.15) is 13.2 Å². The average Bonchev–Trinajstić information content (AvgIpc) is 2.03. The normalized spacial score (nSPS) is 30.1. The van der Waals surface area contributed by atoms with Crippen LogP contribution in [-0.2, 0) is 4.79 Å². The van der Waals surface area contributed by atoms with Gasteiger partial charge in [0.15, 0.2) is 0 Å². The molecule has 0 spiro atoms. The van der Waals surface area contributed by atoms with E-state index < -0.39 is 23.9 Å². The summed E-state index contributed by atoms with van der Waals surface area (Å²) < 4.78 is 36.7. The number of carbonyl (C=O) groups is 1. The van der Waals surface area contributed by atoms with E-state index >= 15 is 0 Å². The number of nitrogens with two attached hydrogens (primary N) is 1. The number of hydrogen-bond donors (Lipinski definition) is 1. The van der Waals surface area contributed by atoms with E-state index in [9.17, 15) is 18.0 Å². The first-order valence-electron chi connectivity index (χ1n) is 4.27. The van der Waals surface area contributed by atoms with Gasteiger partial charge in [0.2, 0.25) is 5.91 Å². The fraction of sp³-hybridized carbons (Fsp3) is 0.875. The van der Waals surface area contributed by atoms with Crippen molar-refractivity contribution in [2.45, 2.75) is 31.9 Å². The van der Waals surface area contributed by atoms with Gasteiger partial charge in [-0.25, -0.2) is 0 Å². The second-order valence-corrected chi connectivity index (χ2v) is 3.50. The van der Waals surface area contributed by atoms with E-state index in [4.69, 9.17) is 5.73 Å². The molecule has 2 N–H and O–H groups in total. The molecule has 1 saturated carbocycles. The minimum atomic E-state index is -4.17. The lowest BCUT2D eigenvalue weighted by Crippen LogP contribution is -2.34. The fourth-order valence-electron chi connectivity index (χ4n) is 1.75. The summed E-state index contributed by atoms with van der Waals surface area (Å²) in [7, 11) is 0. The summed E-state index contributed by atoms with van der Waals surface area (Å²) in [5.41, 5.74) is 4.97. The summed E-state index contributed by atoms with van der Waals surface area (Å²) in [6, 6.07) is 0. The summed E-state index contributed by atoms with van der Waals surface area (Å²) in [5, 5.41) is 0. The van der Waals surface area contributed by atoms with Gasteiger partial charge in [-0.15, -0.1) is 0 Å². The van der Waals surface area contributed by atoms with Crippen molar-refractivity contribution < 1.29 is 18.0 Å². The molecule has 1 amide bonds. The number of amides is 1. The number of rotatable bonds is 1.